The molecule has 0 aromatic heterocycles. The average molecular weight is 474 g/mol. The fraction of sp³-hybridized carbons (Fsp3) is 0.333. The molecule has 1 aliphatic carbocycles. The van der Waals surface area contributed by atoms with Crippen LogP contribution in [0.25, 0.3) is 6.08 Å². The molecule has 34 heavy (non-hydrogen) atoms. The lowest BCUT2D eigenvalue weighted by Crippen LogP contribution is -2.31. The van der Waals surface area contributed by atoms with Gasteiger partial charge in [0.15, 0.2) is 23.0 Å². The summed E-state index contributed by atoms with van der Waals surface area (Å²) in [6.07, 6.45) is 1.31. The molecule has 2 atom stereocenters. The number of rotatable bonds is 9. The molecule has 0 radical (unpaired) electrons. The summed E-state index contributed by atoms with van der Waals surface area (Å²) >= 11 is 0. The molecule has 0 amide bonds. The summed E-state index contributed by atoms with van der Waals surface area (Å²) in [6.45, 7) is 0. The van der Waals surface area contributed by atoms with E-state index in [1.807, 2.05) is 0 Å². The van der Waals surface area contributed by atoms with Crippen molar-refractivity contribution in [2.45, 2.75) is 5.92 Å². The number of benzene rings is 2. The highest BCUT2D eigenvalue weighted by Gasteiger charge is 2.44. The predicted molar refractivity (Wildman–Crippen MR) is 121 cm³/mol. The maximum absolute atomic E-state index is 12.5. The summed E-state index contributed by atoms with van der Waals surface area (Å²) in [6, 6.07) is 4.77. The molecule has 10 nitrogen and oxygen atoms in total. The molecule has 0 unspecified atom stereocenters. The van der Waals surface area contributed by atoms with Gasteiger partial charge in [0, 0.05) is 11.5 Å². The normalized spacial score (nSPS) is 16.6. The van der Waals surface area contributed by atoms with Gasteiger partial charge in [0.2, 0.25) is 11.5 Å². The van der Waals surface area contributed by atoms with Crippen molar-refractivity contribution in [2.75, 3.05) is 42.7 Å². The molecule has 1 aliphatic rings. The van der Waals surface area contributed by atoms with Crippen LogP contribution in [-0.4, -0.2) is 64.8 Å². The quantitative estimate of drug-likeness (QED) is 0.559. The lowest BCUT2D eigenvalue weighted by atomic mass is 9.70. The number of carbonyl (C=O) groups is 2. The van der Waals surface area contributed by atoms with Gasteiger partial charge in [0.05, 0.1) is 54.1 Å². The van der Waals surface area contributed by atoms with Gasteiger partial charge < -0.3 is 38.6 Å². The van der Waals surface area contributed by atoms with Gasteiger partial charge in [0.1, 0.15) is 0 Å². The van der Waals surface area contributed by atoms with E-state index in [1.165, 1.54) is 48.7 Å². The highest BCUT2D eigenvalue weighted by Crippen LogP contribution is 2.54. The Morgan fingerprint density at radius 2 is 1.21 bits per heavy atom. The monoisotopic (exact) mass is 474 g/mol. The number of aliphatic carboxylic acids is 2. The highest BCUT2D eigenvalue weighted by molar-refractivity contribution is 6.01. The van der Waals surface area contributed by atoms with Crippen LogP contribution in [0.15, 0.2) is 23.8 Å². The van der Waals surface area contributed by atoms with Gasteiger partial charge in [-0.05, 0) is 35.4 Å². The fourth-order valence-electron chi connectivity index (χ4n) is 4.35. The minimum atomic E-state index is -1.46. The summed E-state index contributed by atoms with van der Waals surface area (Å²) in [7, 11) is 8.59. The van der Waals surface area contributed by atoms with E-state index in [0.29, 0.717) is 28.2 Å². The zero-order valence-electron chi connectivity index (χ0n) is 19.6. The van der Waals surface area contributed by atoms with Gasteiger partial charge in [-0.3, -0.25) is 4.79 Å². The average Bonchev–Trinajstić information content (AvgIpc) is 2.84. The van der Waals surface area contributed by atoms with Gasteiger partial charge >= 0.3 is 11.9 Å². The zero-order chi connectivity index (χ0) is 25.2. The number of hydrogen-bond donors (Lipinski definition) is 2. The SMILES string of the molecule is COc1cc([C@H]2c3c(cc(OC)c(OC)c3OC)C=C(C(=O)O)[C@@H]2C(=O)O)cc(OC)c1OC. The van der Waals surface area contributed by atoms with Gasteiger partial charge in [-0.15, -0.1) is 0 Å². The third-order valence-corrected chi connectivity index (χ3v) is 5.75. The van der Waals surface area contributed by atoms with Crippen molar-refractivity contribution in [3.63, 3.8) is 0 Å². The summed E-state index contributed by atoms with van der Waals surface area (Å²) in [4.78, 5) is 24.6. The Morgan fingerprint density at radius 1 is 0.706 bits per heavy atom. The first kappa shape index (κ1) is 24.6. The summed E-state index contributed by atoms with van der Waals surface area (Å²) in [5.41, 5.74) is 0.962. The highest BCUT2D eigenvalue weighted by atomic mass is 16.5. The van der Waals surface area contributed by atoms with E-state index in [-0.39, 0.29) is 28.6 Å². The zero-order valence-corrected chi connectivity index (χ0v) is 19.6. The van der Waals surface area contributed by atoms with Crippen LogP contribution in [-0.2, 0) is 9.59 Å². The molecule has 182 valence electrons. The van der Waals surface area contributed by atoms with Crippen molar-refractivity contribution in [3.8, 4) is 34.5 Å². The summed E-state index contributed by atoms with van der Waals surface area (Å²) < 4.78 is 32.8. The van der Waals surface area contributed by atoms with Crippen molar-refractivity contribution in [1.29, 1.82) is 0 Å². The number of carboxylic acid groups (broad SMARTS) is 2. The maximum Gasteiger partial charge on any atom is 0.332 e. The Kier molecular flexibility index (Phi) is 7.09. The van der Waals surface area contributed by atoms with Crippen molar-refractivity contribution in [2.24, 2.45) is 5.92 Å². The molecular weight excluding hydrogens is 448 g/mol. The van der Waals surface area contributed by atoms with Crippen LogP contribution in [0, 0.1) is 5.92 Å². The molecule has 0 fully saturated rings. The molecule has 0 saturated carbocycles. The second-order valence-corrected chi connectivity index (χ2v) is 7.31. The third kappa shape index (κ3) is 3.91. The minimum Gasteiger partial charge on any atom is -0.493 e. The van der Waals surface area contributed by atoms with Gasteiger partial charge in [-0.1, -0.05) is 0 Å². The lowest BCUT2D eigenvalue weighted by Gasteiger charge is -2.33. The topological polar surface area (TPSA) is 130 Å². The molecule has 0 saturated heterocycles. The second-order valence-electron chi connectivity index (χ2n) is 7.31. The molecule has 0 aliphatic heterocycles. The summed E-state index contributed by atoms with van der Waals surface area (Å²) in [5.74, 6) is -3.49. The Bertz CT molecular complexity index is 1130. The van der Waals surface area contributed by atoms with Gasteiger partial charge in [0.25, 0.3) is 0 Å². The fourth-order valence-corrected chi connectivity index (χ4v) is 4.35. The van der Waals surface area contributed by atoms with Gasteiger partial charge in [-0.25, -0.2) is 4.79 Å². The molecular formula is C24H26O10. The number of carboxylic acids is 2. The Hall–Kier alpha value is -4.08. The molecule has 3 rings (SSSR count). The first-order valence-electron chi connectivity index (χ1n) is 10.1. The lowest BCUT2D eigenvalue weighted by molar-refractivity contribution is -0.144. The molecule has 0 spiro atoms. The molecule has 0 heterocycles. The number of fused-ring (bicyclic) bond motifs is 1. The van der Waals surface area contributed by atoms with Crippen LogP contribution in [0.3, 0.4) is 0 Å². The molecule has 2 aromatic rings. The van der Waals surface area contributed by atoms with Crippen molar-refractivity contribution in [3.05, 3.63) is 40.5 Å². The predicted octanol–water partition coefficient (Wildman–Crippen LogP) is 3.05. The van der Waals surface area contributed by atoms with Crippen LogP contribution in [0.2, 0.25) is 0 Å². The van der Waals surface area contributed by atoms with Crippen LogP contribution in [0.1, 0.15) is 22.6 Å². The first-order chi connectivity index (χ1) is 16.3. The van der Waals surface area contributed by atoms with Crippen molar-refractivity contribution < 1.29 is 48.2 Å². The van der Waals surface area contributed by atoms with E-state index in [4.69, 9.17) is 28.4 Å². The van der Waals surface area contributed by atoms with Crippen LogP contribution in [0.4, 0.5) is 0 Å². The largest absolute Gasteiger partial charge is 0.493 e. The van der Waals surface area contributed by atoms with Gasteiger partial charge in [-0.2, -0.15) is 0 Å². The molecule has 2 aromatic carbocycles. The van der Waals surface area contributed by atoms with E-state index in [0.717, 1.165) is 0 Å². The Balaban J connectivity index is 2.48. The minimum absolute atomic E-state index is 0.225. The Morgan fingerprint density at radius 3 is 1.62 bits per heavy atom. The van der Waals surface area contributed by atoms with Crippen LogP contribution >= 0.6 is 0 Å². The maximum atomic E-state index is 12.5. The molecule has 10 heteroatoms. The number of methoxy groups -OCH3 is 6. The van der Waals surface area contributed by atoms with E-state index < -0.39 is 23.8 Å². The van der Waals surface area contributed by atoms with Crippen LogP contribution < -0.4 is 28.4 Å². The number of ether oxygens (including phenoxy) is 6. The molecule has 2 N–H and O–H groups in total. The first-order valence-corrected chi connectivity index (χ1v) is 10.1. The van der Waals surface area contributed by atoms with Crippen LogP contribution in [0.5, 0.6) is 34.5 Å². The standard InChI is InChI=1S/C24H26O10/c1-29-14-9-12(10-15(30-2)20(14)32-4)17-18-11(7-13(23(25)26)19(17)24(27)28)8-16(31-3)21(33-5)22(18)34-6/h7-10,17,19H,1-6H3,(H,25,26)(H,27,28)/t17-,19-/m0/s1. The van der Waals surface area contributed by atoms with E-state index in [2.05, 4.69) is 0 Å². The van der Waals surface area contributed by atoms with E-state index >= 15 is 0 Å². The van der Waals surface area contributed by atoms with E-state index in [1.54, 1.807) is 18.2 Å². The van der Waals surface area contributed by atoms with E-state index in [9.17, 15) is 19.8 Å². The van der Waals surface area contributed by atoms with Crippen molar-refractivity contribution in [1.82, 2.24) is 0 Å². The third-order valence-electron chi connectivity index (χ3n) is 5.75. The molecule has 0 bridgehead atoms. The van der Waals surface area contributed by atoms with Crippen molar-refractivity contribution >= 4 is 18.0 Å². The Labute approximate surface area is 196 Å². The smallest absolute Gasteiger partial charge is 0.332 e. The summed E-state index contributed by atoms with van der Waals surface area (Å²) in [5, 5.41) is 20.1. The second kappa shape index (κ2) is 9.82. The number of hydrogen-bond acceptors (Lipinski definition) is 8.